The van der Waals surface area contributed by atoms with Gasteiger partial charge in [-0.1, -0.05) is 37.4 Å². The van der Waals surface area contributed by atoms with Crippen LogP contribution in [0, 0.1) is 5.92 Å². The Hall–Kier alpha value is -1.02. The van der Waals surface area contributed by atoms with Gasteiger partial charge < -0.3 is 4.90 Å². The summed E-state index contributed by atoms with van der Waals surface area (Å²) in [6.07, 6.45) is 5.85. The summed E-state index contributed by atoms with van der Waals surface area (Å²) in [5.74, 6) is 0.769. The molecule has 0 saturated heterocycles. The summed E-state index contributed by atoms with van der Waals surface area (Å²) in [5, 5.41) is 0.540. The van der Waals surface area contributed by atoms with Gasteiger partial charge in [0, 0.05) is 18.8 Å². The third-order valence-electron chi connectivity index (χ3n) is 3.98. The minimum absolute atomic E-state index is 0.519. The number of hydrogen-bond acceptors (Lipinski definition) is 2. The van der Waals surface area contributed by atoms with Crippen molar-refractivity contribution in [3.05, 3.63) is 28.8 Å². The molecule has 1 fully saturated rings. The maximum atomic E-state index is 11.2. The number of hydrogen-bond donors (Lipinski definition) is 0. The van der Waals surface area contributed by atoms with Crippen LogP contribution in [0.4, 0.5) is 5.69 Å². The summed E-state index contributed by atoms with van der Waals surface area (Å²) in [5.41, 5.74) is 1.57. The first kappa shape index (κ1) is 13.4. The van der Waals surface area contributed by atoms with Crippen molar-refractivity contribution in [2.24, 2.45) is 5.92 Å². The first-order chi connectivity index (χ1) is 8.63. The Morgan fingerprint density at radius 2 is 2.17 bits per heavy atom. The van der Waals surface area contributed by atoms with Gasteiger partial charge >= 0.3 is 0 Å². The van der Waals surface area contributed by atoms with Gasteiger partial charge in [-0.3, -0.25) is 4.79 Å². The molecule has 0 aliphatic heterocycles. The van der Waals surface area contributed by atoms with E-state index in [0.717, 1.165) is 17.9 Å². The van der Waals surface area contributed by atoms with E-state index in [2.05, 4.69) is 18.9 Å². The van der Waals surface area contributed by atoms with E-state index in [1.54, 1.807) is 6.07 Å². The second kappa shape index (κ2) is 5.75. The number of carbonyl (C=O) groups is 1. The minimum atomic E-state index is 0.519. The average Bonchev–Trinajstić information content (AvgIpc) is 2.37. The predicted octanol–water partition coefficient (Wildman–Crippen LogP) is 4.17. The van der Waals surface area contributed by atoms with Gasteiger partial charge in [0.25, 0.3) is 0 Å². The molecule has 1 aliphatic rings. The average molecular weight is 266 g/mol. The molecule has 0 spiro atoms. The Labute approximate surface area is 114 Å². The largest absolute Gasteiger partial charge is 0.371 e. The van der Waals surface area contributed by atoms with E-state index in [1.165, 1.54) is 25.7 Å². The van der Waals surface area contributed by atoms with Crippen LogP contribution in [0.2, 0.25) is 5.02 Å². The Morgan fingerprint density at radius 1 is 1.39 bits per heavy atom. The van der Waals surface area contributed by atoms with Crippen LogP contribution in [0.15, 0.2) is 18.2 Å². The van der Waals surface area contributed by atoms with Crippen LogP contribution in [0.1, 0.15) is 43.0 Å². The van der Waals surface area contributed by atoms with Crippen molar-refractivity contribution in [1.29, 1.82) is 0 Å². The molecule has 2 atom stereocenters. The number of rotatable bonds is 3. The van der Waals surface area contributed by atoms with E-state index in [1.807, 2.05) is 12.1 Å². The summed E-state index contributed by atoms with van der Waals surface area (Å²) in [4.78, 5) is 13.4. The van der Waals surface area contributed by atoms with E-state index in [0.29, 0.717) is 16.6 Å². The van der Waals surface area contributed by atoms with Crippen LogP contribution < -0.4 is 4.90 Å². The van der Waals surface area contributed by atoms with Gasteiger partial charge in [-0.15, -0.1) is 0 Å². The van der Waals surface area contributed by atoms with Gasteiger partial charge in [-0.25, -0.2) is 0 Å². The van der Waals surface area contributed by atoms with Crippen LogP contribution in [-0.2, 0) is 0 Å². The molecular formula is C15H20ClNO. The van der Waals surface area contributed by atoms with E-state index in [4.69, 9.17) is 11.6 Å². The number of halogens is 1. The topological polar surface area (TPSA) is 20.3 Å². The second-order valence-electron chi connectivity index (χ2n) is 5.33. The molecule has 2 rings (SSSR count). The highest BCUT2D eigenvalue weighted by Crippen LogP contribution is 2.32. The maximum absolute atomic E-state index is 11.2. The van der Waals surface area contributed by atoms with Gasteiger partial charge in [0.1, 0.15) is 0 Å². The van der Waals surface area contributed by atoms with Crippen LogP contribution in [0.5, 0.6) is 0 Å². The molecular weight excluding hydrogens is 246 g/mol. The highest BCUT2D eigenvalue weighted by molar-refractivity contribution is 6.33. The van der Waals surface area contributed by atoms with E-state index >= 15 is 0 Å². The Morgan fingerprint density at radius 3 is 2.83 bits per heavy atom. The molecule has 1 aliphatic carbocycles. The number of anilines is 1. The normalized spacial score (nSPS) is 23.7. The SMILES string of the molecule is CC1CCCC(N(C)c2cccc(Cl)c2C=O)C1. The van der Waals surface area contributed by atoms with Crippen molar-refractivity contribution >= 4 is 23.6 Å². The lowest BCUT2D eigenvalue weighted by Crippen LogP contribution is -2.36. The lowest BCUT2D eigenvalue weighted by molar-refractivity contribution is 0.112. The number of benzene rings is 1. The van der Waals surface area contributed by atoms with E-state index in [9.17, 15) is 4.79 Å². The zero-order valence-electron chi connectivity index (χ0n) is 11.0. The monoisotopic (exact) mass is 265 g/mol. The van der Waals surface area contributed by atoms with Crippen molar-refractivity contribution in [2.45, 2.75) is 38.6 Å². The molecule has 0 bridgehead atoms. The molecule has 0 radical (unpaired) electrons. The standard InChI is InChI=1S/C15H20ClNO/c1-11-5-3-6-12(9-11)17(2)15-8-4-7-14(16)13(15)10-18/h4,7-8,10-12H,3,5-6,9H2,1-2H3. The molecule has 2 nitrogen and oxygen atoms in total. The number of nitrogens with zero attached hydrogens (tertiary/aromatic N) is 1. The minimum Gasteiger partial charge on any atom is -0.371 e. The second-order valence-corrected chi connectivity index (χ2v) is 5.73. The van der Waals surface area contributed by atoms with Crippen molar-refractivity contribution in [1.82, 2.24) is 0 Å². The van der Waals surface area contributed by atoms with Crippen LogP contribution in [-0.4, -0.2) is 19.4 Å². The fourth-order valence-corrected chi connectivity index (χ4v) is 3.11. The van der Waals surface area contributed by atoms with Gasteiger partial charge in [-0.05, 0) is 30.9 Å². The molecule has 1 aromatic rings. The molecule has 0 aromatic heterocycles. The zero-order valence-corrected chi connectivity index (χ0v) is 11.8. The highest BCUT2D eigenvalue weighted by Gasteiger charge is 2.24. The fraction of sp³-hybridized carbons (Fsp3) is 0.533. The Balaban J connectivity index is 2.25. The zero-order chi connectivity index (χ0) is 13.1. The summed E-state index contributed by atoms with van der Waals surface area (Å²) in [6.45, 7) is 2.30. The molecule has 98 valence electrons. The maximum Gasteiger partial charge on any atom is 0.153 e. The Bertz CT molecular complexity index is 433. The molecule has 1 saturated carbocycles. The third kappa shape index (κ3) is 2.69. The van der Waals surface area contributed by atoms with E-state index in [-0.39, 0.29) is 0 Å². The summed E-state index contributed by atoms with van der Waals surface area (Å²) >= 11 is 6.08. The first-order valence-electron chi connectivity index (χ1n) is 6.60. The van der Waals surface area contributed by atoms with Crippen LogP contribution in [0.25, 0.3) is 0 Å². The summed E-state index contributed by atoms with van der Waals surface area (Å²) in [7, 11) is 2.07. The number of aldehydes is 1. The molecule has 0 heterocycles. The molecule has 1 aromatic carbocycles. The summed E-state index contributed by atoms with van der Waals surface area (Å²) in [6, 6.07) is 6.18. The quantitative estimate of drug-likeness (QED) is 0.765. The van der Waals surface area contributed by atoms with Crippen molar-refractivity contribution in [3.63, 3.8) is 0 Å². The van der Waals surface area contributed by atoms with Crippen LogP contribution in [0.3, 0.4) is 0 Å². The lowest BCUT2D eigenvalue weighted by atomic mass is 9.86. The summed E-state index contributed by atoms with van der Waals surface area (Å²) < 4.78 is 0. The van der Waals surface area contributed by atoms with Crippen molar-refractivity contribution in [2.75, 3.05) is 11.9 Å². The fourth-order valence-electron chi connectivity index (χ4n) is 2.90. The Kier molecular flexibility index (Phi) is 4.28. The van der Waals surface area contributed by atoms with Gasteiger partial charge in [-0.2, -0.15) is 0 Å². The molecule has 0 amide bonds. The first-order valence-corrected chi connectivity index (χ1v) is 6.97. The molecule has 3 heteroatoms. The number of carbonyl (C=O) groups excluding carboxylic acids is 1. The van der Waals surface area contributed by atoms with E-state index < -0.39 is 0 Å². The molecule has 2 unspecified atom stereocenters. The highest BCUT2D eigenvalue weighted by atomic mass is 35.5. The lowest BCUT2D eigenvalue weighted by Gasteiger charge is -2.36. The third-order valence-corrected chi connectivity index (χ3v) is 4.31. The van der Waals surface area contributed by atoms with Gasteiger partial charge in [0.15, 0.2) is 6.29 Å². The predicted molar refractivity (Wildman–Crippen MR) is 76.7 cm³/mol. The van der Waals surface area contributed by atoms with Crippen molar-refractivity contribution < 1.29 is 4.79 Å². The van der Waals surface area contributed by atoms with Crippen molar-refractivity contribution in [3.8, 4) is 0 Å². The molecule has 0 N–H and O–H groups in total. The van der Waals surface area contributed by atoms with Crippen LogP contribution >= 0.6 is 11.6 Å². The smallest absolute Gasteiger partial charge is 0.153 e. The van der Waals surface area contributed by atoms with Gasteiger partial charge in [0.2, 0.25) is 0 Å². The molecule has 18 heavy (non-hydrogen) atoms. The van der Waals surface area contributed by atoms with Gasteiger partial charge in [0.05, 0.1) is 10.6 Å².